The van der Waals surface area contributed by atoms with Crippen molar-refractivity contribution in [2.24, 2.45) is 61.4 Å². The zero-order valence-electron chi connectivity index (χ0n) is 77.2. The molecule has 0 aromatic carbocycles. The van der Waals surface area contributed by atoms with Crippen LogP contribution in [0.5, 0.6) is 35.3 Å². The number of nitrogens with zero attached hydrogens (tertiary/aromatic N) is 32. The minimum Gasteiger partial charge on any atom is -0.513 e. The van der Waals surface area contributed by atoms with Gasteiger partial charge >= 0.3 is 79.3 Å². The number of aromatic hydroxyl groups is 6. The van der Waals surface area contributed by atoms with Crippen LogP contribution in [0.4, 0.5) is 47.3 Å². The number of hydrogen-bond donors (Lipinski definition) is 12. The smallest absolute Gasteiger partial charge is 0.513 e. The van der Waals surface area contributed by atoms with Crippen LogP contribution in [0.1, 0.15) is 138 Å². The number of aliphatic hydroxyl groups excluding tert-OH is 4. The molecule has 62 heteroatoms. The Morgan fingerprint density at radius 2 is 0.526 bits per heavy atom. The van der Waals surface area contributed by atoms with Gasteiger partial charge in [-0.15, -0.1) is 0 Å². The number of alkyl halides is 3. The molecule has 0 unspecified atom stereocenters. The maximum Gasteiger partial charge on any atom is 2.00 e. The van der Waals surface area contributed by atoms with E-state index in [4.69, 9.17) is 55.7 Å². The molecular weight excluding hydrogens is 2000 g/mol. The molecule has 2 radical (unpaired) electrons. The van der Waals surface area contributed by atoms with Gasteiger partial charge in [-0.3, -0.25) is 99.2 Å². The molecule has 12 N–H and O–H groups in total. The monoisotopic (exact) mass is 2100 g/mol. The van der Waals surface area contributed by atoms with Gasteiger partial charge in [0.1, 0.15) is 0 Å². The number of guanidine groups is 2. The van der Waals surface area contributed by atoms with E-state index in [0.717, 1.165) is 65.4 Å². The molecular formula is C75H103CoCuF3N34NiO20S2. The number of aliphatic hydroxyl groups is 4. The maximum absolute atomic E-state index is 12.6. The van der Waals surface area contributed by atoms with E-state index in [0.29, 0.717) is 26.1 Å². The van der Waals surface area contributed by atoms with Gasteiger partial charge in [-0.2, -0.15) is 13.2 Å². The zero-order chi connectivity index (χ0) is 103. The van der Waals surface area contributed by atoms with Gasteiger partial charge in [0.05, 0.1) is 23.0 Å². The predicted molar refractivity (Wildman–Crippen MR) is 496 cm³/mol. The largest absolute Gasteiger partial charge is 2.00 e. The fourth-order valence-corrected chi connectivity index (χ4v) is 11.6. The molecule has 6 aromatic heterocycles. The first-order valence-electron chi connectivity index (χ1n) is 40.1. The Hall–Kier alpha value is -14.3. The van der Waals surface area contributed by atoms with Gasteiger partial charge in [-0.1, -0.05) is 20.3 Å². The van der Waals surface area contributed by atoms with Crippen LogP contribution in [-0.2, 0) is 129 Å². The van der Waals surface area contributed by atoms with Crippen LogP contribution in [0.15, 0.2) is 157 Å². The van der Waals surface area contributed by atoms with Gasteiger partial charge in [0.2, 0.25) is 35.3 Å². The number of rotatable bonds is 25. The van der Waals surface area contributed by atoms with E-state index in [2.05, 4.69) is 61.4 Å². The van der Waals surface area contributed by atoms with Crippen LogP contribution in [-0.4, -0.2) is 182 Å². The first-order chi connectivity index (χ1) is 62.6. The van der Waals surface area contributed by atoms with Crippen LogP contribution in [0.25, 0.3) is 32.5 Å². The summed E-state index contributed by atoms with van der Waals surface area (Å²) in [6.07, 6.45) is -0.678. The Balaban J connectivity index is -0.00000157. The fourth-order valence-electron chi connectivity index (χ4n) is 10.7. The van der Waals surface area contributed by atoms with E-state index in [1.54, 1.807) is 83.1 Å². The second kappa shape index (κ2) is 59.5. The third kappa shape index (κ3) is 34.0. The van der Waals surface area contributed by atoms with E-state index < -0.39 is 174 Å². The van der Waals surface area contributed by atoms with Crippen LogP contribution in [0.2, 0.25) is 0 Å². The summed E-state index contributed by atoms with van der Waals surface area (Å²) in [6.45, 7) is 31.5. The molecule has 0 bridgehead atoms. The van der Waals surface area contributed by atoms with Crippen LogP contribution < -0.4 is 56.1 Å². The summed E-state index contributed by atoms with van der Waals surface area (Å²) in [4.78, 5) is 122. The van der Waals surface area contributed by atoms with Gasteiger partial charge in [-0.25, -0.2) is 49.9 Å². The Morgan fingerprint density at radius 1 is 0.343 bits per heavy atom. The minimum absolute atomic E-state index is 0. The molecule has 137 heavy (non-hydrogen) atoms. The molecule has 0 saturated heterocycles. The van der Waals surface area contributed by atoms with E-state index in [-0.39, 0.29) is 165 Å². The molecule has 6 aromatic rings. The van der Waals surface area contributed by atoms with E-state index in [9.17, 15) is 124 Å². The Kier molecular flexibility index (Phi) is 55.1. The first-order valence-corrected chi connectivity index (χ1v) is 40.9. The molecule has 0 aliphatic heterocycles. The third-order valence-corrected chi connectivity index (χ3v) is 18.0. The molecule has 0 fully saturated rings. The second-order valence-electron chi connectivity index (χ2n) is 26.2. The van der Waals surface area contributed by atoms with Gasteiger partial charge in [-0.05, 0) is 203 Å². The zero-order valence-corrected chi connectivity index (χ0v) is 81.8. The van der Waals surface area contributed by atoms with Crippen LogP contribution >= 0.6 is 24.4 Å². The molecule has 6 heterocycles. The number of hydrogen-bond acceptors (Lipinski definition) is 30. The summed E-state index contributed by atoms with van der Waals surface area (Å²) in [6, 6.07) is 0. The third-order valence-electron chi connectivity index (χ3n) is 17.1. The molecule has 0 amide bonds. The summed E-state index contributed by atoms with van der Waals surface area (Å²) < 4.78 is 50.4. The normalized spacial score (nSPS) is 11.5. The summed E-state index contributed by atoms with van der Waals surface area (Å²) in [5.41, 5.74) is -10.0. The van der Waals surface area contributed by atoms with E-state index >= 15 is 0 Å². The second-order valence-corrected chi connectivity index (χ2v) is 26.9. The van der Waals surface area contributed by atoms with Crippen molar-refractivity contribution in [1.29, 1.82) is 10.8 Å². The number of nitrogens with one attached hydrogen (secondary N) is 2. The molecule has 0 aliphatic carbocycles. The van der Waals surface area contributed by atoms with Gasteiger partial charge < -0.3 is 119 Å². The number of aromatic nitrogens is 12. The number of amidine groups is 6. The Labute approximate surface area is 816 Å². The molecule has 0 saturated carbocycles. The molecule has 0 spiro atoms. The van der Waals surface area contributed by atoms with Crippen LogP contribution in [0.3, 0.4) is 0 Å². The molecule has 6 rings (SSSR count). The van der Waals surface area contributed by atoms with E-state index in [1.165, 1.54) is 60.1 Å². The molecule has 54 nitrogen and oxygen atoms in total. The standard InChI is InChI=1S/C14H22N7O2S.C13H17F3N7O2S.4C12H16N5O4.Co.Cu.Ni/c1-5-8-21(9(4)15)13(16)18-17-10-11(22)19(6-2)14(24)20(7-3)12(10)23;1-4-21-8(24)7(9(25)22(5-2)12(21)26)19-20-11(18)23(6-3)10(17)13(14,15)16;4*1-4-16-10(19)9(11(20)17(5-2)12(16)21)15-14-8(13)6-7(3)18;;;/h15,22H,5-8H2,1-4H3;17,24H,4-6H2,1-3H3;4*6,18-19H,4-5H2,1-3H3;;;/q6*-1;3*+2/b;;4*7-6-,15-14?;;;. The summed E-state index contributed by atoms with van der Waals surface area (Å²) in [5, 5.41) is 208. The molecule has 756 valence electrons. The quantitative estimate of drug-likeness (QED) is 0.00632. The summed E-state index contributed by atoms with van der Waals surface area (Å²) in [5.74, 6) is -10.5. The molecule has 0 atom stereocenters. The molecule has 0 aliphatic rings. The van der Waals surface area contributed by atoms with Gasteiger partial charge in [0.25, 0.3) is 33.4 Å². The van der Waals surface area contributed by atoms with Crippen molar-refractivity contribution in [3.63, 3.8) is 0 Å². The summed E-state index contributed by atoms with van der Waals surface area (Å²) >= 11 is 10.2. The van der Waals surface area contributed by atoms with Crippen molar-refractivity contribution >= 4 is 105 Å². The number of halogens is 3. The average Bonchev–Trinajstić information content (AvgIpc) is 0.807. The van der Waals surface area contributed by atoms with Crippen molar-refractivity contribution in [3.8, 4) is 35.3 Å². The van der Waals surface area contributed by atoms with Crippen LogP contribution in [0, 0.1) is 20.4 Å². The Morgan fingerprint density at radius 3 is 0.693 bits per heavy atom. The van der Waals surface area contributed by atoms with Crippen molar-refractivity contribution in [3.05, 3.63) is 193 Å². The van der Waals surface area contributed by atoms with Crippen molar-refractivity contribution in [2.45, 2.75) is 223 Å². The fraction of sp³-hybridized carbons (Fsp3) is 0.467. The van der Waals surface area contributed by atoms with Crippen molar-refractivity contribution < 1.29 is 115 Å². The van der Waals surface area contributed by atoms with Crippen molar-refractivity contribution in [2.75, 3.05) is 13.1 Å². The van der Waals surface area contributed by atoms with Gasteiger partial charge in [0, 0.05) is 96.3 Å². The minimum atomic E-state index is -5.01. The van der Waals surface area contributed by atoms with Crippen molar-refractivity contribution in [1.82, 2.24) is 64.6 Å². The van der Waals surface area contributed by atoms with E-state index in [1.807, 2.05) is 6.92 Å². The summed E-state index contributed by atoms with van der Waals surface area (Å²) in [7, 11) is 0. The average molecular weight is 2100 g/mol. The number of allylic oxidation sites excluding steroid dienone is 4. The number of azo groups is 6. The maximum atomic E-state index is 12.6. The first kappa shape index (κ1) is 127. The Bertz CT molecular complexity index is 6060. The topological polar surface area (TPSA) is 768 Å². The van der Waals surface area contributed by atoms with Gasteiger partial charge in [0.15, 0.2) is 49.5 Å². The predicted octanol–water partition coefficient (Wildman–Crippen LogP) is 10.9. The SMILES string of the molecule is CCCN(C(=[N-])N=Nc1c(O)n(CC)c(=S)n(CC)c1=O)C(C)=N.CCN(C(=[N-])N=Nc1c(O)n(CC)c(=S)n(CC)c1=O)C(=N)C(F)(F)F.CCn1c(O)c(N=NC(=[N-])/C=C(/C)O)c(=O)n(CC)c1=O.CCn1c(O)c(N=NC(=[N-])/C=C(/C)O)c(=O)n(CC)c1=O.CCn1c(O)c(N=NC(=[N-])/C=C(/C)O)c(=O)n(CC)c1=O.CCn1c(O)c(N=NC(=[N-])/C=C(/C)O)c(=O)n(CC)c1=O.[Co+2].[Cu+2].[Ni+2].